The fourth-order valence-electron chi connectivity index (χ4n) is 2.42. The molecule has 1 unspecified atom stereocenters. The molecule has 1 aliphatic rings. The fourth-order valence-corrected chi connectivity index (χ4v) is 2.42. The van der Waals surface area contributed by atoms with Crippen LogP contribution in [0.5, 0.6) is 0 Å². The minimum atomic E-state index is -0.937. The van der Waals surface area contributed by atoms with E-state index < -0.39 is 18.0 Å². The molecule has 22 heavy (non-hydrogen) atoms. The van der Waals surface area contributed by atoms with Gasteiger partial charge in [0, 0.05) is 13.0 Å². The van der Waals surface area contributed by atoms with Gasteiger partial charge in [-0.05, 0) is 23.5 Å². The van der Waals surface area contributed by atoms with Crippen molar-refractivity contribution < 1.29 is 19.5 Å². The number of benzene rings is 1. The number of rotatable bonds is 6. The molecule has 0 aliphatic carbocycles. The van der Waals surface area contributed by atoms with Gasteiger partial charge in [-0.2, -0.15) is 0 Å². The number of urea groups is 1. The van der Waals surface area contributed by atoms with E-state index in [4.69, 9.17) is 5.11 Å². The second kappa shape index (κ2) is 6.60. The minimum Gasteiger partial charge on any atom is -0.481 e. The van der Waals surface area contributed by atoms with E-state index in [9.17, 15) is 14.4 Å². The van der Waals surface area contributed by atoms with Crippen molar-refractivity contribution in [1.82, 2.24) is 10.2 Å². The molecule has 1 saturated heterocycles. The maximum absolute atomic E-state index is 12.3. The number of aliphatic carboxylic acids is 1. The lowest BCUT2D eigenvalue weighted by Crippen LogP contribution is -2.32. The van der Waals surface area contributed by atoms with Crippen LogP contribution < -0.4 is 5.32 Å². The molecule has 0 spiro atoms. The molecule has 1 aliphatic heterocycles. The Labute approximate surface area is 129 Å². The van der Waals surface area contributed by atoms with Gasteiger partial charge >= 0.3 is 12.0 Å². The van der Waals surface area contributed by atoms with E-state index in [0.29, 0.717) is 5.92 Å². The van der Waals surface area contributed by atoms with E-state index in [1.54, 1.807) is 0 Å². The number of carboxylic acid groups (broad SMARTS) is 1. The lowest BCUT2D eigenvalue weighted by atomic mass is 9.99. The Kier molecular flexibility index (Phi) is 4.80. The molecule has 1 aromatic rings. The van der Waals surface area contributed by atoms with Gasteiger partial charge in [-0.1, -0.05) is 38.1 Å². The predicted molar refractivity (Wildman–Crippen MR) is 80.4 cm³/mol. The molecule has 6 nitrogen and oxygen atoms in total. The van der Waals surface area contributed by atoms with Crippen molar-refractivity contribution >= 4 is 17.9 Å². The Morgan fingerprint density at radius 2 is 1.91 bits per heavy atom. The second-order valence-electron chi connectivity index (χ2n) is 5.69. The van der Waals surface area contributed by atoms with Crippen LogP contribution in [-0.4, -0.2) is 34.5 Å². The molecular weight excluding hydrogens is 284 g/mol. The van der Waals surface area contributed by atoms with Gasteiger partial charge in [0.05, 0.1) is 0 Å². The fraction of sp³-hybridized carbons (Fsp3) is 0.438. The van der Waals surface area contributed by atoms with Gasteiger partial charge in [-0.25, -0.2) is 4.79 Å². The van der Waals surface area contributed by atoms with E-state index in [1.807, 2.05) is 24.3 Å². The van der Waals surface area contributed by atoms with Gasteiger partial charge in [-0.3, -0.25) is 14.5 Å². The Morgan fingerprint density at radius 1 is 1.27 bits per heavy atom. The molecule has 2 rings (SSSR count). The highest BCUT2D eigenvalue weighted by molar-refractivity contribution is 6.04. The molecule has 0 aromatic heterocycles. The molecule has 0 radical (unpaired) electrons. The third-order valence-corrected chi connectivity index (χ3v) is 3.73. The summed E-state index contributed by atoms with van der Waals surface area (Å²) in [6, 6.07) is 6.45. The third-order valence-electron chi connectivity index (χ3n) is 3.73. The van der Waals surface area contributed by atoms with Crippen molar-refractivity contribution in [3.8, 4) is 0 Å². The highest BCUT2D eigenvalue weighted by Gasteiger charge is 2.38. The largest absolute Gasteiger partial charge is 0.481 e. The van der Waals surface area contributed by atoms with Crippen molar-refractivity contribution in [2.24, 2.45) is 0 Å². The van der Waals surface area contributed by atoms with Crippen LogP contribution in [0.3, 0.4) is 0 Å². The van der Waals surface area contributed by atoms with Crippen LogP contribution in [0.15, 0.2) is 24.3 Å². The van der Waals surface area contributed by atoms with Gasteiger partial charge in [0.1, 0.15) is 6.04 Å². The third kappa shape index (κ3) is 3.44. The lowest BCUT2D eigenvalue weighted by Gasteiger charge is -2.13. The molecule has 118 valence electrons. The number of carbonyl (C=O) groups is 3. The number of imide groups is 1. The van der Waals surface area contributed by atoms with Gasteiger partial charge < -0.3 is 10.4 Å². The first kappa shape index (κ1) is 16.0. The zero-order valence-corrected chi connectivity index (χ0v) is 12.7. The topological polar surface area (TPSA) is 86.7 Å². The molecular formula is C16H20N2O4. The summed E-state index contributed by atoms with van der Waals surface area (Å²) in [6.45, 7) is 4.29. The summed E-state index contributed by atoms with van der Waals surface area (Å²) in [5, 5.41) is 11.3. The zero-order valence-electron chi connectivity index (χ0n) is 12.7. The highest BCUT2D eigenvalue weighted by Crippen LogP contribution is 2.24. The lowest BCUT2D eigenvalue weighted by molar-refractivity contribution is -0.137. The predicted octanol–water partition coefficient (Wildman–Crippen LogP) is 2.27. The van der Waals surface area contributed by atoms with Crippen LogP contribution in [-0.2, 0) is 9.59 Å². The Morgan fingerprint density at radius 3 is 2.45 bits per heavy atom. The first-order chi connectivity index (χ1) is 10.4. The number of amides is 3. The number of carboxylic acids is 1. The van der Waals surface area contributed by atoms with E-state index in [2.05, 4.69) is 19.2 Å². The highest BCUT2D eigenvalue weighted by atomic mass is 16.4. The summed E-state index contributed by atoms with van der Waals surface area (Å²) < 4.78 is 0. The molecule has 1 aromatic carbocycles. The number of carbonyl (C=O) groups excluding carboxylic acids is 2. The summed E-state index contributed by atoms with van der Waals surface area (Å²) >= 11 is 0. The summed E-state index contributed by atoms with van der Waals surface area (Å²) in [6.07, 6.45) is 0.193. The van der Waals surface area contributed by atoms with Crippen molar-refractivity contribution in [2.75, 3.05) is 6.54 Å². The summed E-state index contributed by atoms with van der Waals surface area (Å²) in [5.41, 5.74) is 1.90. The van der Waals surface area contributed by atoms with Crippen molar-refractivity contribution in [2.45, 2.75) is 38.6 Å². The van der Waals surface area contributed by atoms with Crippen LogP contribution in [0.25, 0.3) is 0 Å². The molecule has 3 amide bonds. The number of hydrogen-bond donors (Lipinski definition) is 2. The Balaban J connectivity index is 2.05. The number of nitrogens with one attached hydrogen (secondary N) is 1. The smallest absolute Gasteiger partial charge is 0.325 e. The molecule has 2 N–H and O–H groups in total. The Hall–Kier alpha value is -2.37. The van der Waals surface area contributed by atoms with Crippen LogP contribution in [0, 0.1) is 0 Å². The van der Waals surface area contributed by atoms with Gasteiger partial charge in [-0.15, -0.1) is 0 Å². The van der Waals surface area contributed by atoms with Gasteiger partial charge in [0.15, 0.2) is 0 Å². The first-order valence-corrected chi connectivity index (χ1v) is 7.33. The van der Waals surface area contributed by atoms with Gasteiger partial charge in [0.25, 0.3) is 5.91 Å². The maximum Gasteiger partial charge on any atom is 0.325 e. The molecule has 6 heteroatoms. The summed E-state index contributed by atoms with van der Waals surface area (Å²) in [7, 11) is 0. The average Bonchev–Trinajstić information content (AvgIpc) is 2.75. The van der Waals surface area contributed by atoms with E-state index in [-0.39, 0.29) is 25.3 Å². The molecule has 1 fully saturated rings. The summed E-state index contributed by atoms with van der Waals surface area (Å²) in [4.78, 5) is 35.8. The average molecular weight is 304 g/mol. The molecule has 0 bridgehead atoms. The normalized spacial score (nSPS) is 18.0. The summed E-state index contributed by atoms with van der Waals surface area (Å²) in [5.74, 6) is -0.865. The van der Waals surface area contributed by atoms with Gasteiger partial charge in [0.2, 0.25) is 0 Å². The molecule has 1 atom stereocenters. The first-order valence-electron chi connectivity index (χ1n) is 7.33. The van der Waals surface area contributed by atoms with Crippen LogP contribution in [0.4, 0.5) is 4.79 Å². The van der Waals surface area contributed by atoms with E-state index >= 15 is 0 Å². The van der Waals surface area contributed by atoms with E-state index in [1.165, 1.54) is 5.56 Å². The minimum absolute atomic E-state index is 0.0647. The van der Waals surface area contributed by atoms with Crippen LogP contribution >= 0.6 is 0 Å². The number of hydrogen-bond acceptors (Lipinski definition) is 3. The van der Waals surface area contributed by atoms with E-state index in [0.717, 1.165) is 10.5 Å². The monoisotopic (exact) mass is 304 g/mol. The van der Waals surface area contributed by atoms with Crippen molar-refractivity contribution in [3.05, 3.63) is 35.4 Å². The van der Waals surface area contributed by atoms with Crippen molar-refractivity contribution in [1.29, 1.82) is 0 Å². The van der Waals surface area contributed by atoms with Crippen LogP contribution in [0.1, 0.15) is 49.8 Å². The van der Waals surface area contributed by atoms with Crippen LogP contribution in [0.2, 0.25) is 0 Å². The van der Waals surface area contributed by atoms with Crippen molar-refractivity contribution in [3.63, 3.8) is 0 Å². The quantitative estimate of drug-likeness (QED) is 0.789. The maximum atomic E-state index is 12.3. The molecule has 1 heterocycles. The standard InChI is InChI=1S/C16H20N2O4/c1-10(2)11-5-7-12(8-6-11)14-15(21)18(16(22)17-14)9-3-4-13(19)20/h5-8,10,14H,3-4,9H2,1-2H3,(H,17,22)(H,19,20). The second-order valence-corrected chi connectivity index (χ2v) is 5.69. The number of nitrogens with zero attached hydrogens (tertiary/aromatic N) is 1. The SMILES string of the molecule is CC(C)c1ccc(C2NC(=O)N(CCCC(=O)O)C2=O)cc1. The molecule has 0 saturated carbocycles. The Bertz CT molecular complexity index is 580. The zero-order chi connectivity index (χ0) is 16.3.